The summed E-state index contributed by atoms with van der Waals surface area (Å²) in [5, 5.41) is 8.02. The Morgan fingerprint density at radius 3 is 2.62 bits per heavy atom. The monoisotopic (exact) mass is 435 g/mol. The topological polar surface area (TPSA) is 84.1 Å². The largest absolute Gasteiger partial charge is 0.356 e. The molecule has 1 saturated heterocycles. The third-order valence-corrected chi connectivity index (χ3v) is 6.09. The summed E-state index contributed by atoms with van der Waals surface area (Å²) in [5.41, 5.74) is 2.61. The summed E-state index contributed by atoms with van der Waals surface area (Å²) < 4.78 is 5.47. The zero-order chi connectivity index (χ0) is 22.5. The van der Waals surface area contributed by atoms with Gasteiger partial charge in [-0.3, -0.25) is 4.79 Å². The number of carbonyl (C=O) groups excluding carboxylic acids is 1. The molecule has 0 bridgehead atoms. The van der Waals surface area contributed by atoms with Crippen LogP contribution in [0.5, 0.6) is 0 Å². The lowest BCUT2D eigenvalue weighted by Crippen LogP contribution is -2.39. The molecular weight excluding hydrogens is 402 g/mol. The predicted octanol–water partition coefficient (Wildman–Crippen LogP) is 4.09. The first kappa shape index (κ1) is 22.2. The van der Waals surface area contributed by atoms with E-state index in [4.69, 9.17) is 9.51 Å². The van der Waals surface area contributed by atoms with E-state index in [0.717, 1.165) is 42.8 Å². The molecule has 0 unspecified atom stereocenters. The van der Waals surface area contributed by atoms with Crippen molar-refractivity contribution in [1.82, 2.24) is 20.4 Å². The second-order valence-electron chi connectivity index (χ2n) is 9.20. The summed E-state index contributed by atoms with van der Waals surface area (Å²) in [6, 6.07) is 10.3. The Morgan fingerprint density at radius 2 is 1.88 bits per heavy atom. The third-order valence-electron chi connectivity index (χ3n) is 6.09. The molecule has 0 saturated carbocycles. The van der Waals surface area contributed by atoms with Crippen LogP contribution in [0.25, 0.3) is 11.1 Å². The molecule has 1 aliphatic rings. The van der Waals surface area contributed by atoms with Crippen LogP contribution >= 0.6 is 0 Å². The Bertz CT molecular complexity index is 1040. The SMILES string of the molecule is Cc1noc2nc(CCC(=O)NCCCc3ccccc3)nc(N3C[C@H](C)C[C@@H](C)C3)c12. The molecule has 3 aromatic rings. The van der Waals surface area contributed by atoms with Gasteiger partial charge in [0.15, 0.2) is 0 Å². The van der Waals surface area contributed by atoms with E-state index in [1.54, 1.807) is 0 Å². The number of rotatable bonds is 8. The third kappa shape index (κ3) is 5.44. The van der Waals surface area contributed by atoms with Crippen molar-refractivity contribution in [2.24, 2.45) is 11.8 Å². The first-order valence-electron chi connectivity index (χ1n) is 11.7. The summed E-state index contributed by atoms with van der Waals surface area (Å²) in [6.07, 6.45) is 3.94. The van der Waals surface area contributed by atoms with Crippen LogP contribution in [0.3, 0.4) is 0 Å². The van der Waals surface area contributed by atoms with Crippen molar-refractivity contribution in [3.63, 3.8) is 0 Å². The molecule has 1 aromatic carbocycles. The second-order valence-corrected chi connectivity index (χ2v) is 9.20. The number of anilines is 1. The molecule has 1 aliphatic heterocycles. The van der Waals surface area contributed by atoms with E-state index in [0.29, 0.717) is 42.8 Å². The van der Waals surface area contributed by atoms with Gasteiger partial charge in [-0.1, -0.05) is 49.3 Å². The van der Waals surface area contributed by atoms with E-state index in [-0.39, 0.29) is 5.91 Å². The molecule has 2 aromatic heterocycles. The number of aryl methyl sites for hydroxylation is 3. The zero-order valence-corrected chi connectivity index (χ0v) is 19.3. The van der Waals surface area contributed by atoms with Gasteiger partial charge in [0.1, 0.15) is 17.0 Å². The Balaban J connectivity index is 1.37. The minimum atomic E-state index is 0.0253. The fourth-order valence-corrected chi connectivity index (χ4v) is 4.67. The molecule has 3 heterocycles. The van der Waals surface area contributed by atoms with E-state index in [1.165, 1.54) is 12.0 Å². The fraction of sp³-hybridized carbons (Fsp3) is 0.520. The molecule has 1 fully saturated rings. The maximum atomic E-state index is 12.4. The van der Waals surface area contributed by atoms with Crippen LogP contribution < -0.4 is 10.2 Å². The Labute approximate surface area is 189 Å². The lowest BCUT2D eigenvalue weighted by Gasteiger charge is -2.36. The number of hydrogen-bond donors (Lipinski definition) is 1. The number of hydrogen-bond acceptors (Lipinski definition) is 6. The van der Waals surface area contributed by atoms with Gasteiger partial charge in [-0.05, 0) is 43.6 Å². The summed E-state index contributed by atoms with van der Waals surface area (Å²) in [7, 11) is 0. The molecule has 0 radical (unpaired) electrons. The predicted molar refractivity (Wildman–Crippen MR) is 126 cm³/mol. The number of aromatic nitrogens is 3. The average Bonchev–Trinajstić information content (AvgIpc) is 3.15. The minimum absolute atomic E-state index is 0.0253. The highest BCUT2D eigenvalue weighted by Crippen LogP contribution is 2.31. The van der Waals surface area contributed by atoms with Crippen molar-refractivity contribution in [3.05, 3.63) is 47.4 Å². The molecule has 170 valence electrons. The van der Waals surface area contributed by atoms with Gasteiger partial charge in [0.05, 0.1) is 5.69 Å². The van der Waals surface area contributed by atoms with E-state index in [1.807, 2.05) is 25.1 Å². The second kappa shape index (κ2) is 10.1. The quantitative estimate of drug-likeness (QED) is 0.537. The van der Waals surface area contributed by atoms with E-state index < -0.39 is 0 Å². The summed E-state index contributed by atoms with van der Waals surface area (Å²) in [6.45, 7) is 9.09. The number of benzene rings is 1. The number of fused-ring (bicyclic) bond motifs is 1. The molecule has 7 heteroatoms. The van der Waals surface area contributed by atoms with Crippen molar-refractivity contribution in [1.29, 1.82) is 0 Å². The molecule has 7 nitrogen and oxygen atoms in total. The Morgan fingerprint density at radius 1 is 1.12 bits per heavy atom. The maximum absolute atomic E-state index is 12.4. The highest BCUT2D eigenvalue weighted by atomic mass is 16.5. The molecule has 4 rings (SSSR count). The van der Waals surface area contributed by atoms with Crippen LogP contribution in [0.2, 0.25) is 0 Å². The average molecular weight is 436 g/mol. The molecule has 32 heavy (non-hydrogen) atoms. The van der Waals surface area contributed by atoms with Crippen LogP contribution in [0.1, 0.15) is 50.2 Å². The van der Waals surface area contributed by atoms with E-state index in [9.17, 15) is 4.79 Å². The highest BCUT2D eigenvalue weighted by molar-refractivity contribution is 5.88. The van der Waals surface area contributed by atoms with Crippen molar-refractivity contribution in [2.75, 3.05) is 24.5 Å². The molecule has 1 amide bonds. The van der Waals surface area contributed by atoms with Crippen LogP contribution in [0, 0.1) is 18.8 Å². The normalized spacial score (nSPS) is 18.8. The van der Waals surface area contributed by atoms with Gasteiger partial charge in [0.2, 0.25) is 5.91 Å². The van der Waals surface area contributed by atoms with Crippen LogP contribution in [-0.2, 0) is 17.6 Å². The van der Waals surface area contributed by atoms with Gasteiger partial charge in [0, 0.05) is 32.5 Å². The Hall–Kier alpha value is -2.96. The first-order chi connectivity index (χ1) is 15.5. The van der Waals surface area contributed by atoms with Gasteiger partial charge in [-0.15, -0.1) is 0 Å². The van der Waals surface area contributed by atoms with Crippen molar-refractivity contribution >= 4 is 22.8 Å². The van der Waals surface area contributed by atoms with E-state index >= 15 is 0 Å². The maximum Gasteiger partial charge on any atom is 0.263 e. The van der Waals surface area contributed by atoms with Crippen molar-refractivity contribution in [2.45, 2.75) is 52.9 Å². The number of nitrogens with one attached hydrogen (secondary N) is 1. The van der Waals surface area contributed by atoms with Crippen LogP contribution in [0.15, 0.2) is 34.9 Å². The highest BCUT2D eigenvalue weighted by Gasteiger charge is 2.27. The number of amides is 1. The van der Waals surface area contributed by atoms with Gasteiger partial charge >= 0.3 is 0 Å². The summed E-state index contributed by atoms with van der Waals surface area (Å²) in [5.74, 6) is 2.76. The van der Waals surface area contributed by atoms with E-state index in [2.05, 4.69) is 46.3 Å². The molecule has 1 N–H and O–H groups in total. The molecule has 0 spiro atoms. The summed E-state index contributed by atoms with van der Waals surface area (Å²) >= 11 is 0. The number of carbonyl (C=O) groups is 1. The molecule has 0 aliphatic carbocycles. The zero-order valence-electron chi connectivity index (χ0n) is 19.3. The number of nitrogens with zero attached hydrogens (tertiary/aromatic N) is 4. The van der Waals surface area contributed by atoms with Crippen molar-refractivity contribution < 1.29 is 9.32 Å². The molecule has 2 atom stereocenters. The standard InChI is InChI=1S/C25H33N5O2/c1-17-14-18(2)16-30(15-17)24-23-19(3)29-32-25(23)28-21(27-24)11-12-22(31)26-13-7-10-20-8-5-4-6-9-20/h4-6,8-9,17-18H,7,10-16H2,1-3H3,(H,26,31)/t17-,18-/m1/s1. The fourth-order valence-electron chi connectivity index (χ4n) is 4.67. The minimum Gasteiger partial charge on any atom is -0.356 e. The Kier molecular flexibility index (Phi) is 7.02. The lowest BCUT2D eigenvalue weighted by molar-refractivity contribution is -0.121. The van der Waals surface area contributed by atoms with Crippen LogP contribution in [0.4, 0.5) is 5.82 Å². The van der Waals surface area contributed by atoms with Gasteiger partial charge in [0.25, 0.3) is 5.71 Å². The summed E-state index contributed by atoms with van der Waals surface area (Å²) in [4.78, 5) is 24.1. The first-order valence-corrected chi connectivity index (χ1v) is 11.7. The van der Waals surface area contributed by atoms with Gasteiger partial charge < -0.3 is 14.7 Å². The molecular formula is C25H33N5O2. The van der Waals surface area contributed by atoms with Gasteiger partial charge in [-0.25, -0.2) is 4.98 Å². The van der Waals surface area contributed by atoms with Crippen molar-refractivity contribution in [3.8, 4) is 0 Å². The number of piperidine rings is 1. The smallest absolute Gasteiger partial charge is 0.263 e. The van der Waals surface area contributed by atoms with Gasteiger partial charge in [-0.2, -0.15) is 4.98 Å². The van der Waals surface area contributed by atoms with Crippen LogP contribution in [-0.4, -0.2) is 40.7 Å². The lowest BCUT2D eigenvalue weighted by atomic mass is 9.92.